The van der Waals surface area contributed by atoms with Crippen molar-refractivity contribution in [1.29, 1.82) is 0 Å². The lowest BCUT2D eigenvalue weighted by Gasteiger charge is -2.25. The minimum Gasteiger partial charge on any atom is -0.370 e. The molecule has 108 valence electrons. The molecule has 1 aromatic carbocycles. The Morgan fingerprint density at radius 3 is 2.70 bits per heavy atom. The number of carbonyl (C=O) groups excluding carboxylic acids is 1. The van der Waals surface area contributed by atoms with E-state index in [0.717, 1.165) is 24.4 Å². The SMILES string of the molecule is N[C@H]1CO[C@@H](c2ccccc2)CN(CCC2CC2)C1=O. The van der Waals surface area contributed by atoms with Gasteiger partial charge in [0.15, 0.2) is 0 Å². The number of hydrogen-bond acceptors (Lipinski definition) is 3. The van der Waals surface area contributed by atoms with E-state index in [0.29, 0.717) is 13.2 Å². The molecule has 1 aliphatic heterocycles. The van der Waals surface area contributed by atoms with Crippen LogP contribution in [0.4, 0.5) is 0 Å². The fraction of sp³-hybridized carbons (Fsp3) is 0.562. The van der Waals surface area contributed by atoms with Crippen LogP contribution < -0.4 is 5.73 Å². The van der Waals surface area contributed by atoms with Crippen LogP contribution in [0.2, 0.25) is 0 Å². The van der Waals surface area contributed by atoms with E-state index >= 15 is 0 Å². The number of hydrogen-bond donors (Lipinski definition) is 1. The van der Waals surface area contributed by atoms with Crippen molar-refractivity contribution in [2.75, 3.05) is 19.7 Å². The predicted molar refractivity (Wildman–Crippen MR) is 77.0 cm³/mol. The van der Waals surface area contributed by atoms with Gasteiger partial charge in [-0.3, -0.25) is 4.79 Å². The largest absolute Gasteiger partial charge is 0.370 e. The Morgan fingerprint density at radius 2 is 2.00 bits per heavy atom. The summed E-state index contributed by atoms with van der Waals surface area (Å²) in [7, 11) is 0. The van der Waals surface area contributed by atoms with E-state index < -0.39 is 6.04 Å². The number of amides is 1. The maximum absolute atomic E-state index is 12.3. The van der Waals surface area contributed by atoms with Gasteiger partial charge in [0.25, 0.3) is 0 Å². The molecular weight excluding hydrogens is 252 g/mol. The van der Waals surface area contributed by atoms with E-state index in [9.17, 15) is 4.79 Å². The van der Waals surface area contributed by atoms with Crippen molar-refractivity contribution in [2.24, 2.45) is 11.7 Å². The van der Waals surface area contributed by atoms with Gasteiger partial charge in [-0.15, -0.1) is 0 Å². The number of rotatable bonds is 4. The fourth-order valence-electron chi connectivity index (χ4n) is 2.68. The zero-order valence-electron chi connectivity index (χ0n) is 11.7. The molecule has 0 bridgehead atoms. The molecule has 1 saturated carbocycles. The van der Waals surface area contributed by atoms with Gasteiger partial charge in [0.2, 0.25) is 5.91 Å². The van der Waals surface area contributed by atoms with Crippen molar-refractivity contribution in [3.05, 3.63) is 35.9 Å². The lowest BCUT2D eigenvalue weighted by molar-refractivity contribution is -0.132. The van der Waals surface area contributed by atoms with Gasteiger partial charge in [0.05, 0.1) is 13.2 Å². The highest BCUT2D eigenvalue weighted by Crippen LogP contribution is 2.33. The molecule has 1 amide bonds. The summed E-state index contributed by atoms with van der Waals surface area (Å²) < 4.78 is 5.84. The molecule has 3 rings (SSSR count). The van der Waals surface area contributed by atoms with Gasteiger partial charge in [-0.1, -0.05) is 43.2 Å². The summed E-state index contributed by atoms with van der Waals surface area (Å²) in [6.45, 7) is 1.73. The topological polar surface area (TPSA) is 55.6 Å². The average Bonchev–Trinajstić information content (AvgIpc) is 3.30. The molecule has 0 spiro atoms. The molecule has 4 nitrogen and oxygen atoms in total. The van der Waals surface area contributed by atoms with Crippen LogP contribution in [0.25, 0.3) is 0 Å². The molecule has 0 unspecified atom stereocenters. The summed E-state index contributed by atoms with van der Waals surface area (Å²) in [5, 5.41) is 0. The first-order chi connectivity index (χ1) is 9.74. The van der Waals surface area contributed by atoms with Crippen molar-refractivity contribution in [3.63, 3.8) is 0 Å². The first-order valence-corrected chi connectivity index (χ1v) is 7.45. The third-order valence-electron chi connectivity index (χ3n) is 4.17. The summed E-state index contributed by atoms with van der Waals surface area (Å²) in [6.07, 6.45) is 3.66. The molecule has 4 heteroatoms. The molecule has 2 aliphatic rings. The Morgan fingerprint density at radius 1 is 1.25 bits per heavy atom. The van der Waals surface area contributed by atoms with Crippen molar-refractivity contribution < 1.29 is 9.53 Å². The second-order valence-corrected chi connectivity index (χ2v) is 5.86. The van der Waals surface area contributed by atoms with Gasteiger partial charge in [0, 0.05) is 6.54 Å². The molecule has 2 N–H and O–H groups in total. The molecule has 1 aromatic rings. The number of carbonyl (C=O) groups is 1. The van der Waals surface area contributed by atoms with Crippen LogP contribution in [0, 0.1) is 5.92 Å². The molecule has 2 atom stereocenters. The number of benzene rings is 1. The molecule has 1 heterocycles. The quantitative estimate of drug-likeness (QED) is 0.909. The van der Waals surface area contributed by atoms with Crippen LogP contribution in [-0.2, 0) is 9.53 Å². The molecular formula is C16H22N2O2. The Bertz CT molecular complexity index is 459. The summed E-state index contributed by atoms with van der Waals surface area (Å²) in [5.41, 5.74) is 7.03. The Hall–Kier alpha value is -1.39. The van der Waals surface area contributed by atoms with Crippen LogP contribution in [-0.4, -0.2) is 36.5 Å². The van der Waals surface area contributed by atoms with E-state index in [2.05, 4.69) is 0 Å². The zero-order valence-corrected chi connectivity index (χ0v) is 11.7. The molecule has 20 heavy (non-hydrogen) atoms. The second-order valence-electron chi connectivity index (χ2n) is 5.86. The van der Waals surface area contributed by atoms with Gasteiger partial charge in [-0.2, -0.15) is 0 Å². The number of ether oxygens (including phenoxy) is 1. The van der Waals surface area contributed by atoms with E-state index in [-0.39, 0.29) is 12.0 Å². The summed E-state index contributed by atoms with van der Waals surface area (Å²) in [6, 6.07) is 9.56. The monoisotopic (exact) mass is 274 g/mol. The lowest BCUT2D eigenvalue weighted by Crippen LogP contribution is -2.44. The van der Waals surface area contributed by atoms with Gasteiger partial charge in [0.1, 0.15) is 12.1 Å². The van der Waals surface area contributed by atoms with Crippen LogP contribution in [0.3, 0.4) is 0 Å². The standard InChI is InChI=1S/C16H22N2O2/c17-14-11-20-15(13-4-2-1-3-5-13)10-18(16(14)19)9-8-12-6-7-12/h1-5,12,14-15H,6-11,17H2/t14-,15+/m0/s1. The normalized spacial score (nSPS) is 27.4. The Labute approximate surface area is 119 Å². The van der Waals surface area contributed by atoms with Crippen LogP contribution in [0.15, 0.2) is 30.3 Å². The number of nitrogens with two attached hydrogens (primary N) is 1. The van der Waals surface area contributed by atoms with E-state index in [1.165, 1.54) is 12.8 Å². The van der Waals surface area contributed by atoms with E-state index in [4.69, 9.17) is 10.5 Å². The highest BCUT2D eigenvalue weighted by Gasteiger charge is 2.31. The smallest absolute Gasteiger partial charge is 0.241 e. The highest BCUT2D eigenvalue weighted by atomic mass is 16.5. The van der Waals surface area contributed by atoms with Gasteiger partial charge in [-0.05, 0) is 17.9 Å². The lowest BCUT2D eigenvalue weighted by atomic mass is 10.1. The maximum atomic E-state index is 12.3. The van der Waals surface area contributed by atoms with Crippen molar-refractivity contribution >= 4 is 5.91 Å². The Balaban J connectivity index is 1.70. The second kappa shape index (κ2) is 5.94. The van der Waals surface area contributed by atoms with Crippen molar-refractivity contribution in [2.45, 2.75) is 31.4 Å². The first kappa shape index (κ1) is 13.6. The third-order valence-corrected chi connectivity index (χ3v) is 4.17. The maximum Gasteiger partial charge on any atom is 0.241 e. The van der Waals surface area contributed by atoms with Crippen LogP contribution >= 0.6 is 0 Å². The van der Waals surface area contributed by atoms with E-state index in [1.807, 2.05) is 35.2 Å². The molecule has 1 saturated heterocycles. The first-order valence-electron chi connectivity index (χ1n) is 7.45. The van der Waals surface area contributed by atoms with Gasteiger partial charge >= 0.3 is 0 Å². The van der Waals surface area contributed by atoms with Crippen LogP contribution in [0.5, 0.6) is 0 Å². The predicted octanol–water partition coefficient (Wildman–Crippen LogP) is 1.71. The molecule has 1 aliphatic carbocycles. The van der Waals surface area contributed by atoms with Gasteiger partial charge in [-0.25, -0.2) is 0 Å². The minimum atomic E-state index is -0.525. The van der Waals surface area contributed by atoms with E-state index in [1.54, 1.807) is 0 Å². The molecule has 2 fully saturated rings. The minimum absolute atomic E-state index is 0.0316. The Kier molecular flexibility index (Phi) is 4.03. The summed E-state index contributed by atoms with van der Waals surface area (Å²) in [5.74, 6) is 0.849. The fourth-order valence-corrected chi connectivity index (χ4v) is 2.68. The van der Waals surface area contributed by atoms with Crippen LogP contribution in [0.1, 0.15) is 30.9 Å². The number of nitrogens with zero attached hydrogens (tertiary/aromatic N) is 1. The zero-order chi connectivity index (χ0) is 13.9. The van der Waals surface area contributed by atoms with Crippen molar-refractivity contribution in [3.8, 4) is 0 Å². The third kappa shape index (κ3) is 3.19. The molecule has 0 radical (unpaired) electrons. The average molecular weight is 274 g/mol. The summed E-state index contributed by atoms with van der Waals surface area (Å²) >= 11 is 0. The highest BCUT2D eigenvalue weighted by molar-refractivity contribution is 5.82. The van der Waals surface area contributed by atoms with Gasteiger partial charge < -0.3 is 15.4 Å². The summed E-state index contributed by atoms with van der Waals surface area (Å²) in [4.78, 5) is 14.2. The molecule has 0 aromatic heterocycles. The van der Waals surface area contributed by atoms with Crippen molar-refractivity contribution in [1.82, 2.24) is 4.90 Å².